The molecule has 0 aromatic heterocycles. The lowest BCUT2D eigenvalue weighted by atomic mass is 9.89. The summed E-state index contributed by atoms with van der Waals surface area (Å²) in [7, 11) is 0. The van der Waals surface area contributed by atoms with Crippen LogP contribution in [0, 0.1) is 13.8 Å². The molecule has 0 spiro atoms. The second-order valence-electron chi connectivity index (χ2n) is 4.40. The molecule has 1 aromatic rings. The van der Waals surface area contributed by atoms with Crippen molar-refractivity contribution < 1.29 is 4.79 Å². The van der Waals surface area contributed by atoms with Crippen molar-refractivity contribution in [3.8, 4) is 0 Å². The van der Waals surface area contributed by atoms with Gasteiger partial charge in [0.2, 0.25) is 0 Å². The van der Waals surface area contributed by atoms with Crippen LogP contribution in [0.1, 0.15) is 40.4 Å². The number of carbonyl (C=O) groups is 1. The minimum atomic E-state index is 0.0978. The number of amides is 1. The van der Waals surface area contributed by atoms with Gasteiger partial charge in [-0.05, 0) is 37.8 Å². The van der Waals surface area contributed by atoms with Crippen molar-refractivity contribution in [2.75, 3.05) is 0 Å². The Bertz CT molecular complexity index is 409. The Kier molecular flexibility index (Phi) is 2.51. The standard InChI is InChI=1S/C13H17NO/c1-4-11-7-10-6-8(2)5-9(3)12(10)13(15)14-11/h5-6,11H,4,7H2,1-3H3,(H,14,15). The van der Waals surface area contributed by atoms with Crippen molar-refractivity contribution >= 4 is 5.91 Å². The minimum absolute atomic E-state index is 0.0978. The molecule has 1 N–H and O–H groups in total. The van der Waals surface area contributed by atoms with Gasteiger partial charge in [-0.25, -0.2) is 0 Å². The Morgan fingerprint density at radius 2 is 2.13 bits per heavy atom. The molecule has 0 radical (unpaired) electrons. The summed E-state index contributed by atoms with van der Waals surface area (Å²) in [6.07, 6.45) is 1.97. The van der Waals surface area contributed by atoms with Crippen LogP contribution in [0.2, 0.25) is 0 Å². The highest BCUT2D eigenvalue weighted by Gasteiger charge is 2.24. The molecule has 1 aliphatic rings. The van der Waals surface area contributed by atoms with Crippen molar-refractivity contribution in [1.29, 1.82) is 0 Å². The second-order valence-corrected chi connectivity index (χ2v) is 4.40. The van der Waals surface area contributed by atoms with Crippen molar-refractivity contribution in [3.63, 3.8) is 0 Å². The maximum atomic E-state index is 11.9. The van der Waals surface area contributed by atoms with E-state index in [1.807, 2.05) is 6.92 Å². The van der Waals surface area contributed by atoms with Gasteiger partial charge in [-0.3, -0.25) is 4.79 Å². The normalized spacial score (nSPS) is 19.7. The SMILES string of the molecule is CCC1Cc2cc(C)cc(C)c2C(=O)N1. The first-order valence-electron chi connectivity index (χ1n) is 5.52. The van der Waals surface area contributed by atoms with Gasteiger partial charge in [0, 0.05) is 11.6 Å². The molecule has 0 saturated heterocycles. The summed E-state index contributed by atoms with van der Waals surface area (Å²) in [5, 5.41) is 3.04. The maximum Gasteiger partial charge on any atom is 0.252 e. The fraction of sp³-hybridized carbons (Fsp3) is 0.462. The van der Waals surface area contributed by atoms with Gasteiger partial charge in [0.05, 0.1) is 0 Å². The third-order valence-electron chi connectivity index (χ3n) is 3.08. The average Bonchev–Trinajstić information content (AvgIpc) is 2.15. The van der Waals surface area contributed by atoms with E-state index >= 15 is 0 Å². The Hall–Kier alpha value is -1.31. The molecule has 1 aromatic carbocycles. The summed E-state index contributed by atoms with van der Waals surface area (Å²) in [6.45, 7) is 6.21. The summed E-state index contributed by atoms with van der Waals surface area (Å²) in [5.41, 5.74) is 4.45. The summed E-state index contributed by atoms with van der Waals surface area (Å²) in [6, 6.07) is 4.53. The molecule has 15 heavy (non-hydrogen) atoms. The van der Waals surface area contributed by atoms with Gasteiger partial charge in [0.1, 0.15) is 0 Å². The van der Waals surface area contributed by atoms with E-state index in [2.05, 4.69) is 31.3 Å². The van der Waals surface area contributed by atoms with Crippen LogP contribution in [0.25, 0.3) is 0 Å². The molecule has 1 amide bonds. The van der Waals surface area contributed by atoms with Crippen molar-refractivity contribution in [2.45, 2.75) is 39.7 Å². The van der Waals surface area contributed by atoms with Crippen LogP contribution in [-0.4, -0.2) is 11.9 Å². The fourth-order valence-electron chi connectivity index (χ4n) is 2.36. The summed E-state index contributed by atoms with van der Waals surface area (Å²) in [5.74, 6) is 0.0978. The van der Waals surface area contributed by atoms with E-state index in [9.17, 15) is 4.79 Å². The van der Waals surface area contributed by atoms with Gasteiger partial charge < -0.3 is 5.32 Å². The number of rotatable bonds is 1. The number of aryl methyl sites for hydroxylation is 2. The van der Waals surface area contributed by atoms with E-state index in [-0.39, 0.29) is 5.91 Å². The monoisotopic (exact) mass is 203 g/mol. The third kappa shape index (κ3) is 1.76. The lowest BCUT2D eigenvalue weighted by molar-refractivity contribution is 0.0923. The number of carbonyl (C=O) groups excluding carboxylic acids is 1. The number of nitrogens with one attached hydrogen (secondary N) is 1. The van der Waals surface area contributed by atoms with E-state index in [1.54, 1.807) is 0 Å². The molecule has 2 heteroatoms. The Labute approximate surface area is 90.7 Å². The van der Waals surface area contributed by atoms with Crippen LogP contribution in [0.15, 0.2) is 12.1 Å². The zero-order valence-corrected chi connectivity index (χ0v) is 9.55. The maximum absolute atomic E-state index is 11.9. The molecule has 1 heterocycles. The van der Waals surface area contributed by atoms with Gasteiger partial charge in [0.15, 0.2) is 0 Å². The lowest BCUT2D eigenvalue weighted by Gasteiger charge is -2.26. The van der Waals surface area contributed by atoms with Crippen LogP contribution < -0.4 is 5.32 Å². The first-order chi connectivity index (χ1) is 7.11. The minimum Gasteiger partial charge on any atom is -0.349 e. The van der Waals surface area contributed by atoms with E-state index in [0.717, 1.165) is 24.0 Å². The lowest BCUT2D eigenvalue weighted by Crippen LogP contribution is -2.41. The number of hydrogen-bond acceptors (Lipinski definition) is 1. The molecule has 80 valence electrons. The Morgan fingerprint density at radius 3 is 2.80 bits per heavy atom. The zero-order chi connectivity index (χ0) is 11.0. The molecular formula is C13H17NO. The molecule has 0 fully saturated rings. The number of hydrogen-bond donors (Lipinski definition) is 1. The number of benzene rings is 1. The molecule has 1 unspecified atom stereocenters. The molecule has 0 saturated carbocycles. The second kappa shape index (κ2) is 3.69. The van der Waals surface area contributed by atoms with Crippen LogP contribution in [0.4, 0.5) is 0 Å². The zero-order valence-electron chi connectivity index (χ0n) is 9.55. The summed E-state index contributed by atoms with van der Waals surface area (Å²) in [4.78, 5) is 11.9. The van der Waals surface area contributed by atoms with E-state index < -0.39 is 0 Å². The average molecular weight is 203 g/mol. The Balaban J connectivity index is 2.50. The fourth-order valence-corrected chi connectivity index (χ4v) is 2.36. The largest absolute Gasteiger partial charge is 0.349 e. The van der Waals surface area contributed by atoms with E-state index in [1.165, 1.54) is 11.1 Å². The smallest absolute Gasteiger partial charge is 0.252 e. The van der Waals surface area contributed by atoms with Crippen LogP contribution in [-0.2, 0) is 6.42 Å². The highest BCUT2D eigenvalue weighted by Crippen LogP contribution is 2.23. The Morgan fingerprint density at radius 1 is 1.40 bits per heavy atom. The van der Waals surface area contributed by atoms with Crippen LogP contribution >= 0.6 is 0 Å². The van der Waals surface area contributed by atoms with Gasteiger partial charge in [0.25, 0.3) is 5.91 Å². The number of fused-ring (bicyclic) bond motifs is 1. The molecular weight excluding hydrogens is 186 g/mol. The van der Waals surface area contributed by atoms with Crippen molar-refractivity contribution in [1.82, 2.24) is 5.32 Å². The van der Waals surface area contributed by atoms with E-state index in [0.29, 0.717) is 6.04 Å². The van der Waals surface area contributed by atoms with Gasteiger partial charge in [-0.15, -0.1) is 0 Å². The molecule has 2 rings (SSSR count). The summed E-state index contributed by atoms with van der Waals surface area (Å²) >= 11 is 0. The quantitative estimate of drug-likeness (QED) is 0.746. The van der Waals surface area contributed by atoms with Gasteiger partial charge in [-0.1, -0.05) is 24.6 Å². The molecule has 0 bridgehead atoms. The highest BCUT2D eigenvalue weighted by molar-refractivity contribution is 5.98. The highest BCUT2D eigenvalue weighted by atomic mass is 16.1. The third-order valence-corrected chi connectivity index (χ3v) is 3.08. The van der Waals surface area contributed by atoms with Gasteiger partial charge >= 0.3 is 0 Å². The van der Waals surface area contributed by atoms with Crippen LogP contribution in [0.3, 0.4) is 0 Å². The van der Waals surface area contributed by atoms with Crippen LogP contribution in [0.5, 0.6) is 0 Å². The van der Waals surface area contributed by atoms with Gasteiger partial charge in [-0.2, -0.15) is 0 Å². The summed E-state index contributed by atoms with van der Waals surface area (Å²) < 4.78 is 0. The molecule has 0 aliphatic carbocycles. The van der Waals surface area contributed by atoms with Crippen molar-refractivity contribution in [3.05, 3.63) is 34.4 Å². The van der Waals surface area contributed by atoms with Crippen molar-refractivity contribution in [2.24, 2.45) is 0 Å². The first kappa shape index (κ1) is 10.2. The predicted octanol–water partition coefficient (Wildman–Crippen LogP) is 2.37. The molecule has 1 aliphatic heterocycles. The first-order valence-corrected chi connectivity index (χ1v) is 5.52. The topological polar surface area (TPSA) is 29.1 Å². The van der Waals surface area contributed by atoms with E-state index in [4.69, 9.17) is 0 Å². The molecule has 2 nitrogen and oxygen atoms in total. The molecule has 1 atom stereocenters. The predicted molar refractivity (Wildman–Crippen MR) is 61.2 cm³/mol.